The van der Waals surface area contributed by atoms with Crippen molar-refractivity contribution in [2.24, 2.45) is 0 Å². The number of fused-ring (bicyclic) bond motifs is 1. The predicted molar refractivity (Wildman–Crippen MR) is 152 cm³/mol. The van der Waals surface area contributed by atoms with Gasteiger partial charge in [-0.2, -0.15) is 0 Å². The molecule has 170 valence electrons. The highest BCUT2D eigenvalue weighted by molar-refractivity contribution is 9.10. The number of ether oxygens (including phenoxy) is 1. The Morgan fingerprint density at radius 1 is 0.848 bits per heavy atom. The van der Waals surface area contributed by atoms with E-state index in [4.69, 9.17) is 4.74 Å². The van der Waals surface area contributed by atoms with E-state index >= 15 is 0 Å². The molecule has 0 amide bonds. The Morgan fingerprint density at radius 2 is 1.36 bits per heavy atom. The molecule has 0 N–H and O–H groups in total. The second-order valence-electron chi connectivity index (χ2n) is 7.26. The van der Waals surface area contributed by atoms with Crippen molar-refractivity contribution in [1.82, 2.24) is 0 Å². The number of para-hydroxylation sites is 1. The third-order valence-corrected chi connectivity index (χ3v) is 7.15. The molecule has 0 saturated heterocycles. The van der Waals surface area contributed by atoms with Crippen LogP contribution >= 0.6 is 47.8 Å². The Labute approximate surface area is 222 Å². The summed E-state index contributed by atoms with van der Waals surface area (Å²) in [5.74, 6) is 0.864. The van der Waals surface area contributed by atoms with Crippen molar-refractivity contribution in [2.75, 3.05) is 0 Å². The van der Waals surface area contributed by atoms with E-state index in [0.29, 0.717) is 0 Å². The van der Waals surface area contributed by atoms with Crippen LogP contribution in [0.15, 0.2) is 112 Å². The second-order valence-corrected chi connectivity index (χ2v) is 10.1. The van der Waals surface area contributed by atoms with E-state index < -0.39 is 5.60 Å². The first-order chi connectivity index (χ1) is 16.0. The van der Waals surface area contributed by atoms with Crippen molar-refractivity contribution in [3.63, 3.8) is 0 Å². The minimum absolute atomic E-state index is 0.00316. The molecule has 1 aliphatic rings. The Kier molecular flexibility index (Phi) is 8.97. The molecule has 1 unspecified atom stereocenters. The zero-order valence-corrected chi connectivity index (χ0v) is 23.7. The standard InChI is InChI=1S/C27H21Br3O.C2H6/c1-3-20(28)17-25-23(4-2)24-7-5-6-8-26(24)31-27(25,18-9-13-21(29)14-10-18)19-11-15-22(30)16-12-19;1-2/h3-17,20H,1H2,2H3;1-2H3/b23-4-,25-17+;. The van der Waals surface area contributed by atoms with Crippen LogP contribution in [0.2, 0.25) is 0 Å². The topological polar surface area (TPSA) is 9.23 Å². The molecule has 4 heteroatoms. The molecule has 0 aromatic heterocycles. The van der Waals surface area contributed by atoms with Crippen LogP contribution in [0.1, 0.15) is 37.5 Å². The second kappa shape index (κ2) is 11.5. The van der Waals surface area contributed by atoms with Gasteiger partial charge in [0, 0.05) is 31.2 Å². The lowest BCUT2D eigenvalue weighted by Crippen LogP contribution is -2.40. The van der Waals surface area contributed by atoms with Crippen LogP contribution in [0, 0.1) is 0 Å². The summed E-state index contributed by atoms with van der Waals surface area (Å²) in [4.78, 5) is -0.00316. The summed E-state index contributed by atoms with van der Waals surface area (Å²) in [6.45, 7) is 10.1. The van der Waals surface area contributed by atoms with Crippen LogP contribution < -0.4 is 4.74 Å². The lowest BCUT2D eigenvalue weighted by molar-refractivity contribution is 0.149. The van der Waals surface area contributed by atoms with Gasteiger partial charge >= 0.3 is 0 Å². The number of halogens is 3. The summed E-state index contributed by atoms with van der Waals surface area (Å²) in [5, 5.41) is 0. The average molecular weight is 631 g/mol. The molecule has 1 heterocycles. The normalized spacial score (nSPS) is 17.4. The number of hydrogen-bond donors (Lipinski definition) is 0. The van der Waals surface area contributed by atoms with Gasteiger partial charge in [-0.25, -0.2) is 0 Å². The molecule has 0 saturated carbocycles. The van der Waals surface area contributed by atoms with Crippen LogP contribution in [-0.4, -0.2) is 4.83 Å². The van der Waals surface area contributed by atoms with Gasteiger partial charge in [0.15, 0.2) is 5.60 Å². The molecule has 0 radical (unpaired) electrons. The van der Waals surface area contributed by atoms with Crippen molar-refractivity contribution >= 4 is 53.4 Å². The van der Waals surface area contributed by atoms with Gasteiger partial charge in [-0.05, 0) is 42.8 Å². The fraction of sp³-hybridized carbons (Fsp3) is 0.172. The SMILES string of the molecule is C=CC(Br)/C=C1\C(=C/C)c2ccccc2OC1(c1ccc(Br)cc1)c1ccc(Br)cc1.CC. The van der Waals surface area contributed by atoms with E-state index in [2.05, 4.69) is 134 Å². The van der Waals surface area contributed by atoms with Gasteiger partial charge in [0.1, 0.15) is 5.75 Å². The predicted octanol–water partition coefficient (Wildman–Crippen LogP) is 9.85. The molecule has 3 aromatic rings. The maximum atomic E-state index is 6.97. The maximum absolute atomic E-state index is 6.97. The van der Waals surface area contributed by atoms with E-state index in [1.54, 1.807) is 0 Å². The highest BCUT2D eigenvalue weighted by Gasteiger charge is 2.46. The van der Waals surface area contributed by atoms with Crippen molar-refractivity contribution in [3.05, 3.63) is 129 Å². The van der Waals surface area contributed by atoms with Gasteiger partial charge in [-0.3, -0.25) is 0 Å². The first-order valence-corrected chi connectivity index (χ1v) is 13.5. The van der Waals surface area contributed by atoms with Crippen molar-refractivity contribution < 1.29 is 4.74 Å². The first-order valence-electron chi connectivity index (χ1n) is 11.0. The number of hydrogen-bond acceptors (Lipinski definition) is 1. The molecule has 1 aliphatic heterocycles. The third-order valence-electron chi connectivity index (χ3n) is 5.45. The largest absolute Gasteiger partial charge is 0.472 e. The van der Waals surface area contributed by atoms with Gasteiger partial charge in [0.25, 0.3) is 0 Å². The molecule has 0 spiro atoms. The van der Waals surface area contributed by atoms with E-state index in [9.17, 15) is 0 Å². The van der Waals surface area contributed by atoms with E-state index in [-0.39, 0.29) is 4.83 Å². The highest BCUT2D eigenvalue weighted by atomic mass is 79.9. The van der Waals surface area contributed by atoms with Crippen LogP contribution in [-0.2, 0) is 5.60 Å². The average Bonchev–Trinajstić information content (AvgIpc) is 2.85. The Morgan fingerprint density at radius 3 is 1.85 bits per heavy atom. The number of benzene rings is 3. The Hall–Kier alpha value is -1.88. The summed E-state index contributed by atoms with van der Waals surface area (Å²) < 4.78 is 9.02. The van der Waals surface area contributed by atoms with Crippen molar-refractivity contribution in [2.45, 2.75) is 31.2 Å². The summed E-state index contributed by atoms with van der Waals surface area (Å²) >= 11 is 10.9. The maximum Gasteiger partial charge on any atom is 0.184 e. The molecular formula is C29H27Br3O. The molecule has 0 fully saturated rings. The zero-order valence-electron chi connectivity index (χ0n) is 19.0. The number of rotatable bonds is 4. The van der Waals surface area contributed by atoms with Crippen molar-refractivity contribution in [1.29, 1.82) is 0 Å². The lowest BCUT2D eigenvalue weighted by Gasteiger charge is -2.43. The first kappa shape index (κ1) is 25.7. The fourth-order valence-corrected chi connectivity index (χ4v) is 4.84. The molecule has 0 bridgehead atoms. The molecule has 3 aromatic carbocycles. The number of alkyl halides is 1. The van der Waals surface area contributed by atoms with E-state index in [1.165, 1.54) is 0 Å². The van der Waals surface area contributed by atoms with Crippen molar-refractivity contribution in [3.8, 4) is 5.75 Å². The summed E-state index contributed by atoms with van der Waals surface area (Å²) in [7, 11) is 0. The van der Waals surface area contributed by atoms with Gasteiger partial charge in [0.05, 0.1) is 4.83 Å². The van der Waals surface area contributed by atoms with Gasteiger partial charge in [-0.15, -0.1) is 6.58 Å². The number of allylic oxidation sites excluding steroid dienone is 3. The summed E-state index contributed by atoms with van der Waals surface area (Å²) in [6.07, 6.45) is 6.25. The molecule has 0 aliphatic carbocycles. The van der Waals surface area contributed by atoms with Crippen LogP contribution in [0.25, 0.3) is 5.57 Å². The Balaban J connectivity index is 0.00000149. The summed E-state index contributed by atoms with van der Waals surface area (Å²) in [5.41, 5.74) is 4.62. The zero-order chi connectivity index (χ0) is 24.0. The van der Waals surface area contributed by atoms with Gasteiger partial charge < -0.3 is 4.74 Å². The van der Waals surface area contributed by atoms with Gasteiger partial charge in [0.2, 0.25) is 0 Å². The summed E-state index contributed by atoms with van der Waals surface area (Å²) in [6, 6.07) is 25.0. The third kappa shape index (κ3) is 5.13. The smallest absolute Gasteiger partial charge is 0.184 e. The van der Waals surface area contributed by atoms with Gasteiger partial charge in [-0.1, -0.05) is 122 Å². The fourth-order valence-electron chi connectivity index (χ4n) is 4.04. The van der Waals surface area contributed by atoms with E-state index in [1.807, 2.05) is 32.1 Å². The Bertz CT molecular complexity index is 1110. The minimum Gasteiger partial charge on any atom is -0.472 e. The van der Waals surface area contributed by atoms with Crippen LogP contribution in [0.5, 0.6) is 5.75 Å². The van der Waals surface area contributed by atoms with E-state index in [0.717, 1.165) is 42.5 Å². The monoisotopic (exact) mass is 628 g/mol. The van der Waals surface area contributed by atoms with Crippen LogP contribution in [0.4, 0.5) is 0 Å². The molecule has 4 rings (SSSR count). The molecule has 1 nitrogen and oxygen atoms in total. The quantitative estimate of drug-likeness (QED) is 0.206. The minimum atomic E-state index is -0.813. The lowest BCUT2D eigenvalue weighted by atomic mass is 9.73. The highest BCUT2D eigenvalue weighted by Crippen LogP contribution is 2.53. The molecule has 1 atom stereocenters. The molecule has 33 heavy (non-hydrogen) atoms. The molecular weight excluding hydrogens is 604 g/mol. The van der Waals surface area contributed by atoms with Crippen LogP contribution in [0.3, 0.4) is 0 Å².